The van der Waals surface area contributed by atoms with Gasteiger partial charge in [-0.05, 0) is 18.3 Å². The third kappa shape index (κ3) is 4.31. The number of nitrogens with zero attached hydrogens (tertiary/aromatic N) is 1. The maximum absolute atomic E-state index is 11.9. The van der Waals surface area contributed by atoms with Gasteiger partial charge in [-0.15, -0.1) is 0 Å². The molecule has 0 aliphatic carbocycles. The Morgan fingerprint density at radius 2 is 2.00 bits per heavy atom. The van der Waals surface area contributed by atoms with E-state index in [1.807, 2.05) is 20.8 Å². The van der Waals surface area contributed by atoms with E-state index in [0.29, 0.717) is 18.5 Å². The number of ether oxygens (including phenoxy) is 1. The Hall–Kier alpha value is -1.41. The second-order valence-electron chi connectivity index (χ2n) is 5.73. The summed E-state index contributed by atoms with van der Waals surface area (Å²) < 4.78 is 28.1. The highest BCUT2D eigenvalue weighted by atomic mass is 32.2. The number of carbonyl (C=O) groups is 1. The molecule has 0 aromatic carbocycles. The number of aromatic amines is 1. The molecule has 0 saturated heterocycles. The third-order valence-corrected chi connectivity index (χ3v) is 3.72. The summed E-state index contributed by atoms with van der Waals surface area (Å²) in [5.41, 5.74) is 0.0389. The lowest BCUT2D eigenvalue weighted by atomic mass is 9.93. The predicted molar refractivity (Wildman–Crippen MR) is 73.7 cm³/mol. The highest BCUT2D eigenvalue weighted by molar-refractivity contribution is 7.89. The van der Waals surface area contributed by atoms with Gasteiger partial charge in [0.25, 0.3) is 0 Å². The van der Waals surface area contributed by atoms with Crippen LogP contribution in [0.4, 0.5) is 0 Å². The number of rotatable bonds is 5. The Balaban J connectivity index is 2.92. The smallest absolute Gasteiger partial charge is 0.360 e. The first kappa shape index (κ1) is 16.6. The van der Waals surface area contributed by atoms with Crippen LogP contribution in [0.25, 0.3) is 0 Å². The van der Waals surface area contributed by atoms with Gasteiger partial charge in [0.05, 0.1) is 12.3 Å². The van der Waals surface area contributed by atoms with Gasteiger partial charge >= 0.3 is 5.97 Å². The van der Waals surface area contributed by atoms with E-state index in [1.54, 1.807) is 6.92 Å². The number of aryl methyl sites for hydroxylation is 1. The van der Waals surface area contributed by atoms with Gasteiger partial charge in [-0.2, -0.15) is 5.10 Å². The summed E-state index contributed by atoms with van der Waals surface area (Å²) >= 11 is 0. The molecule has 0 amide bonds. The van der Waals surface area contributed by atoms with Crippen LogP contribution in [0.15, 0.2) is 4.90 Å². The minimum Gasteiger partial charge on any atom is -0.461 e. The number of carbonyl (C=O) groups excluding carboxylic acids is 1. The Labute approximate surface area is 118 Å². The predicted octanol–water partition coefficient (Wildman–Crippen LogP) is 1.21. The van der Waals surface area contributed by atoms with Crippen molar-refractivity contribution < 1.29 is 17.9 Å². The molecule has 0 atom stereocenters. The fourth-order valence-corrected chi connectivity index (χ4v) is 2.50. The molecule has 0 radical (unpaired) electrons. The van der Waals surface area contributed by atoms with E-state index in [9.17, 15) is 13.2 Å². The van der Waals surface area contributed by atoms with Crippen molar-refractivity contribution in [3.8, 4) is 0 Å². The van der Waals surface area contributed by atoms with E-state index in [1.165, 1.54) is 0 Å². The van der Waals surface area contributed by atoms with Crippen molar-refractivity contribution in [2.45, 2.75) is 45.4 Å². The van der Waals surface area contributed by atoms with Crippen LogP contribution in [0.3, 0.4) is 0 Å². The summed E-state index contributed by atoms with van der Waals surface area (Å²) in [6.45, 7) is 7.97. The van der Waals surface area contributed by atoms with Crippen molar-refractivity contribution in [2.75, 3.05) is 6.61 Å². The molecule has 7 nitrogen and oxygen atoms in total. The van der Waals surface area contributed by atoms with Crippen molar-refractivity contribution in [1.82, 2.24) is 10.2 Å². The first-order valence-electron chi connectivity index (χ1n) is 6.33. The van der Waals surface area contributed by atoms with Crippen LogP contribution in [-0.2, 0) is 21.2 Å². The molecule has 0 saturated carbocycles. The van der Waals surface area contributed by atoms with Crippen molar-refractivity contribution in [1.29, 1.82) is 0 Å². The molecular formula is C12H21N3O4S. The number of H-pyrrole nitrogens is 1. The molecule has 0 unspecified atom stereocenters. The van der Waals surface area contributed by atoms with Crippen molar-refractivity contribution >= 4 is 16.0 Å². The fraction of sp³-hybridized carbons (Fsp3) is 0.667. The number of hydrogen-bond acceptors (Lipinski definition) is 5. The number of primary sulfonamides is 1. The van der Waals surface area contributed by atoms with Gasteiger partial charge in [0, 0.05) is 0 Å². The van der Waals surface area contributed by atoms with E-state index < -0.39 is 16.0 Å². The molecule has 1 rings (SSSR count). The van der Waals surface area contributed by atoms with E-state index >= 15 is 0 Å². The Bertz CT molecular complexity index is 584. The standard InChI is InChI=1S/C12H21N3O4S/c1-5-8-10(20(13,17)18)9(15-14-8)11(16)19-7-6-12(2,3)4/h5-7H2,1-4H3,(H,14,15)(H2,13,17,18). The Kier molecular flexibility index (Phi) is 4.93. The minimum atomic E-state index is -4.03. The molecule has 0 aliphatic heterocycles. The van der Waals surface area contributed by atoms with Crippen LogP contribution in [-0.4, -0.2) is 31.2 Å². The van der Waals surface area contributed by atoms with Gasteiger partial charge in [-0.1, -0.05) is 27.7 Å². The largest absolute Gasteiger partial charge is 0.461 e. The number of aromatic nitrogens is 2. The second-order valence-corrected chi connectivity index (χ2v) is 7.22. The lowest BCUT2D eigenvalue weighted by Crippen LogP contribution is -2.19. The summed E-state index contributed by atoms with van der Waals surface area (Å²) in [6.07, 6.45) is 1.03. The normalized spacial score (nSPS) is 12.4. The van der Waals surface area contributed by atoms with Crippen LogP contribution in [0, 0.1) is 5.41 Å². The number of hydrogen-bond donors (Lipinski definition) is 2. The summed E-state index contributed by atoms with van der Waals surface area (Å²) in [5, 5.41) is 11.3. The maximum atomic E-state index is 11.9. The Morgan fingerprint density at radius 3 is 2.45 bits per heavy atom. The SMILES string of the molecule is CCc1[nH]nc(C(=O)OCCC(C)(C)C)c1S(N)(=O)=O. The molecule has 8 heteroatoms. The van der Waals surface area contributed by atoms with Crippen LogP contribution in [0.1, 0.15) is 50.3 Å². The van der Waals surface area contributed by atoms with Crippen molar-refractivity contribution in [3.05, 3.63) is 11.4 Å². The average Bonchev–Trinajstić information content (AvgIpc) is 2.70. The van der Waals surface area contributed by atoms with Crippen LogP contribution in [0.2, 0.25) is 0 Å². The van der Waals surface area contributed by atoms with Gasteiger partial charge in [0.1, 0.15) is 4.90 Å². The lowest BCUT2D eigenvalue weighted by Gasteiger charge is -2.17. The molecule has 1 aromatic heterocycles. The molecule has 20 heavy (non-hydrogen) atoms. The van der Waals surface area contributed by atoms with Crippen molar-refractivity contribution in [3.63, 3.8) is 0 Å². The monoisotopic (exact) mass is 303 g/mol. The summed E-state index contributed by atoms with van der Waals surface area (Å²) in [7, 11) is -4.03. The molecule has 1 aromatic rings. The zero-order valence-corrected chi connectivity index (χ0v) is 13.0. The van der Waals surface area contributed by atoms with E-state index in [0.717, 1.165) is 0 Å². The first-order chi connectivity index (χ1) is 9.06. The quantitative estimate of drug-likeness (QED) is 0.793. The van der Waals surface area contributed by atoms with Gasteiger partial charge in [-0.25, -0.2) is 18.4 Å². The van der Waals surface area contributed by atoms with Crippen LogP contribution < -0.4 is 5.14 Å². The lowest BCUT2D eigenvalue weighted by molar-refractivity contribution is 0.0453. The maximum Gasteiger partial charge on any atom is 0.360 e. The highest BCUT2D eigenvalue weighted by Gasteiger charge is 2.28. The third-order valence-electron chi connectivity index (χ3n) is 2.71. The molecule has 3 N–H and O–H groups in total. The number of esters is 1. The van der Waals surface area contributed by atoms with E-state index in [4.69, 9.17) is 9.88 Å². The summed E-state index contributed by atoms with van der Waals surface area (Å²) in [6, 6.07) is 0. The molecule has 0 fully saturated rings. The zero-order chi connectivity index (χ0) is 15.6. The molecule has 0 aliphatic rings. The van der Waals surface area contributed by atoms with Crippen molar-refractivity contribution in [2.24, 2.45) is 10.6 Å². The van der Waals surface area contributed by atoms with E-state index in [2.05, 4.69) is 10.2 Å². The summed E-state index contributed by atoms with van der Waals surface area (Å²) in [5.74, 6) is -0.783. The van der Waals surface area contributed by atoms with Gasteiger partial charge in [0.15, 0.2) is 5.69 Å². The van der Waals surface area contributed by atoms with Gasteiger partial charge in [-0.3, -0.25) is 5.10 Å². The van der Waals surface area contributed by atoms with E-state index in [-0.39, 0.29) is 22.6 Å². The van der Waals surface area contributed by atoms with Gasteiger partial charge in [0.2, 0.25) is 10.0 Å². The van der Waals surface area contributed by atoms with Crippen LogP contribution in [0.5, 0.6) is 0 Å². The molecule has 0 spiro atoms. The number of sulfonamides is 1. The molecular weight excluding hydrogens is 282 g/mol. The zero-order valence-electron chi connectivity index (χ0n) is 12.2. The number of nitrogens with one attached hydrogen (secondary N) is 1. The first-order valence-corrected chi connectivity index (χ1v) is 7.88. The fourth-order valence-electron chi connectivity index (χ4n) is 1.57. The minimum absolute atomic E-state index is 0.0171. The molecule has 0 bridgehead atoms. The topological polar surface area (TPSA) is 115 Å². The molecule has 114 valence electrons. The summed E-state index contributed by atoms with van der Waals surface area (Å²) in [4.78, 5) is 11.6. The highest BCUT2D eigenvalue weighted by Crippen LogP contribution is 2.20. The second kappa shape index (κ2) is 5.92. The van der Waals surface area contributed by atoms with Gasteiger partial charge < -0.3 is 4.74 Å². The Morgan fingerprint density at radius 1 is 1.40 bits per heavy atom. The molecule has 1 heterocycles. The average molecular weight is 303 g/mol. The van der Waals surface area contributed by atoms with Crippen LogP contribution >= 0.6 is 0 Å². The number of nitrogens with two attached hydrogens (primary N) is 1.